The number of rotatable bonds is 5. The molecule has 0 heterocycles. The standard InChI is InChI=1S/C16H14N2O3/c19-15(10-11-16(20)21)18-14-9-5-4-8-13(14)17-12-6-2-1-3-7-12/h1-11,17H,(H,18,19)(H,20,21)/b11-10-. The lowest BCUT2D eigenvalue weighted by Crippen LogP contribution is -2.10. The molecule has 0 aliphatic rings. The van der Waals surface area contributed by atoms with Gasteiger partial charge in [-0.15, -0.1) is 0 Å². The van der Waals surface area contributed by atoms with E-state index in [9.17, 15) is 9.59 Å². The molecule has 5 nitrogen and oxygen atoms in total. The fourth-order valence-corrected chi connectivity index (χ4v) is 1.70. The molecule has 2 aromatic rings. The van der Waals surface area contributed by atoms with Gasteiger partial charge in [0.1, 0.15) is 0 Å². The van der Waals surface area contributed by atoms with Crippen LogP contribution in [0.4, 0.5) is 17.1 Å². The summed E-state index contributed by atoms with van der Waals surface area (Å²) in [7, 11) is 0. The minimum atomic E-state index is -1.17. The Labute approximate surface area is 121 Å². The third-order valence-corrected chi connectivity index (χ3v) is 2.62. The molecule has 0 aliphatic heterocycles. The molecule has 0 atom stereocenters. The first-order valence-corrected chi connectivity index (χ1v) is 6.28. The first kappa shape index (κ1) is 14.3. The van der Waals surface area contributed by atoms with Crippen molar-refractivity contribution in [2.24, 2.45) is 0 Å². The van der Waals surface area contributed by atoms with Gasteiger partial charge in [0, 0.05) is 17.8 Å². The zero-order valence-corrected chi connectivity index (χ0v) is 11.1. The molecular weight excluding hydrogens is 268 g/mol. The molecular formula is C16H14N2O3. The monoisotopic (exact) mass is 282 g/mol. The SMILES string of the molecule is O=C(O)/C=C\C(=O)Nc1ccccc1Nc1ccccc1. The Morgan fingerprint density at radius 1 is 0.857 bits per heavy atom. The first-order chi connectivity index (χ1) is 10.1. The molecule has 0 aliphatic carbocycles. The highest BCUT2D eigenvalue weighted by Crippen LogP contribution is 2.24. The summed E-state index contributed by atoms with van der Waals surface area (Å²) in [5, 5.41) is 14.3. The molecule has 0 saturated carbocycles. The van der Waals surface area contributed by atoms with Gasteiger partial charge in [-0.05, 0) is 24.3 Å². The molecule has 5 heteroatoms. The van der Waals surface area contributed by atoms with Crippen LogP contribution in [0.15, 0.2) is 66.7 Å². The van der Waals surface area contributed by atoms with Gasteiger partial charge in [0.25, 0.3) is 0 Å². The molecule has 0 spiro atoms. The van der Waals surface area contributed by atoms with Crippen LogP contribution in [0, 0.1) is 0 Å². The number of aliphatic carboxylic acids is 1. The minimum Gasteiger partial charge on any atom is -0.478 e. The maximum absolute atomic E-state index is 11.6. The van der Waals surface area contributed by atoms with Gasteiger partial charge < -0.3 is 15.7 Å². The van der Waals surface area contributed by atoms with Crippen LogP contribution in [0.1, 0.15) is 0 Å². The quantitative estimate of drug-likeness (QED) is 0.737. The van der Waals surface area contributed by atoms with Crippen molar-refractivity contribution in [1.82, 2.24) is 0 Å². The van der Waals surface area contributed by atoms with E-state index in [4.69, 9.17) is 5.11 Å². The molecule has 0 saturated heterocycles. The number of hydrogen-bond acceptors (Lipinski definition) is 3. The van der Waals surface area contributed by atoms with Crippen molar-refractivity contribution in [2.75, 3.05) is 10.6 Å². The smallest absolute Gasteiger partial charge is 0.328 e. The van der Waals surface area contributed by atoms with E-state index in [1.165, 1.54) is 0 Å². The van der Waals surface area contributed by atoms with Crippen molar-refractivity contribution in [3.63, 3.8) is 0 Å². The predicted molar refractivity (Wildman–Crippen MR) is 81.6 cm³/mol. The van der Waals surface area contributed by atoms with Gasteiger partial charge >= 0.3 is 5.97 Å². The van der Waals surface area contributed by atoms with Gasteiger partial charge in [0.2, 0.25) is 5.91 Å². The summed E-state index contributed by atoms with van der Waals surface area (Å²) in [4.78, 5) is 22.0. The molecule has 106 valence electrons. The zero-order valence-electron chi connectivity index (χ0n) is 11.1. The maximum Gasteiger partial charge on any atom is 0.328 e. The molecule has 0 fully saturated rings. The Morgan fingerprint density at radius 3 is 2.14 bits per heavy atom. The van der Waals surface area contributed by atoms with Crippen LogP contribution in [0.5, 0.6) is 0 Å². The van der Waals surface area contributed by atoms with Crippen molar-refractivity contribution in [3.05, 3.63) is 66.7 Å². The molecule has 3 N–H and O–H groups in total. The number of carboxylic acid groups (broad SMARTS) is 1. The summed E-state index contributed by atoms with van der Waals surface area (Å²) >= 11 is 0. The highest BCUT2D eigenvalue weighted by molar-refractivity contribution is 6.04. The van der Waals surface area contributed by atoms with Crippen LogP contribution in [-0.2, 0) is 9.59 Å². The van der Waals surface area contributed by atoms with Crippen molar-refractivity contribution < 1.29 is 14.7 Å². The van der Waals surface area contributed by atoms with E-state index in [2.05, 4.69) is 10.6 Å². The second kappa shape index (κ2) is 6.91. The number of carbonyl (C=O) groups excluding carboxylic acids is 1. The van der Waals surface area contributed by atoms with Crippen LogP contribution in [0.3, 0.4) is 0 Å². The number of hydrogen-bond donors (Lipinski definition) is 3. The summed E-state index contributed by atoms with van der Waals surface area (Å²) in [6.45, 7) is 0. The summed E-state index contributed by atoms with van der Waals surface area (Å²) in [5.41, 5.74) is 2.18. The van der Waals surface area contributed by atoms with Crippen LogP contribution < -0.4 is 10.6 Å². The van der Waals surface area contributed by atoms with Crippen LogP contribution >= 0.6 is 0 Å². The summed E-state index contributed by atoms with van der Waals surface area (Å²) in [6, 6.07) is 16.7. The topological polar surface area (TPSA) is 78.4 Å². The molecule has 2 aromatic carbocycles. The van der Waals surface area contributed by atoms with Crippen LogP contribution in [0.2, 0.25) is 0 Å². The molecule has 1 amide bonds. The number of carboxylic acids is 1. The van der Waals surface area contributed by atoms with Crippen molar-refractivity contribution in [3.8, 4) is 0 Å². The summed E-state index contributed by atoms with van der Waals surface area (Å²) in [6.07, 6.45) is 1.77. The van der Waals surface area contributed by atoms with E-state index in [1.54, 1.807) is 12.1 Å². The number of para-hydroxylation sites is 3. The number of carbonyl (C=O) groups is 2. The second-order valence-corrected chi connectivity index (χ2v) is 4.20. The lowest BCUT2D eigenvalue weighted by molar-refractivity contribution is -0.131. The van der Waals surface area contributed by atoms with Crippen molar-refractivity contribution >= 4 is 28.9 Å². The van der Waals surface area contributed by atoms with E-state index in [-0.39, 0.29) is 0 Å². The second-order valence-electron chi connectivity index (χ2n) is 4.20. The largest absolute Gasteiger partial charge is 0.478 e. The third kappa shape index (κ3) is 4.50. The number of nitrogens with one attached hydrogen (secondary N) is 2. The number of amides is 1. The highest BCUT2D eigenvalue weighted by Gasteiger charge is 2.04. The van der Waals surface area contributed by atoms with Crippen molar-refractivity contribution in [1.29, 1.82) is 0 Å². The van der Waals surface area contributed by atoms with Gasteiger partial charge in [-0.25, -0.2) is 4.79 Å². The Morgan fingerprint density at radius 2 is 1.48 bits per heavy atom. The lowest BCUT2D eigenvalue weighted by Gasteiger charge is -2.12. The van der Waals surface area contributed by atoms with Gasteiger partial charge in [0.15, 0.2) is 0 Å². The molecule has 0 bridgehead atoms. The summed E-state index contributed by atoms with van der Waals surface area (Å²) < 4.78 is 0. The molecule has 0 radical (unpaired) electrons. The van der Waals surface area contributed by atoms with E-state index >= 15 is 0 Å². The molecule has 0 unspecified atom stereocenters. The van der Waals surface area contributed by atoms with E-state index in [0.717, 1.165) is 23.5 Å². The molecule has 0 aromatic heterocycles. The predicted octanol–water partition coefficient (Wildman–Crippen LogP) is 3.01. The fourth-order valence-electron chi connectivity index (χ4n) is 1.70. The van der Waals surface area contributed by atoms with Crippen LogP contribution in [0.25, 0.3) is 0 Å². The lowest BCUT2D eigenvalue weighted by atomic mass is 10.2. The van der Waals surface area contributed by atoms with Gasteiger partial charge in [0.05, 0.1) is 11.4 Å². The van der Waals surface area contributed by atoms with Gasteiger partial charge in [-0.2, -0.15) is 0 Å². The number of anilines is 3. The number of benzene rings is 2. The van der Waals surface area contributed by atoms with Gasteiger partial charge in [-0.3, -0.25) is 4.79 Å². The van der Waals surface area contributed by atoms with Crippen LogP contribution in [-0.4, -0.2) is 17.0 Å². The normalized spacial score (nSPS) is 10.3. The maximum atomic E-state index is 11.6. The Balaban J connectivity index is 2.14. The minimum absolute atomic E-state index is 0.500. The van der Waals surface area contributed by atoms with E-state index < -0.39 is 11.9 Å². The Hall–Kier alpha value is -3.08. The first-order valence-electron chi connectivity index (χ1n) is 6.28. The Kier molecular flexibility index (Phi) is 4.71. The fraction of sp³-hybridized carbons (Fsp3) is 0. The third-order valence-electron chi connectivity index (χ3n) is 2.62. The van der Waals surface area contributed by atoms with Crippen molar-refractivity contribution in [2.45, 2.75) is 0 Å². The van der Waals surface area contributed by atoms with Gasteiger partial charge in [-0.1, -0.05) is 30.3 Å². The zero-order chi connectivity index (χ0) is 15.1. The van der Waals surface area contributed by atoms with E-state index in [0.29, 0.717) is 5.69 Å². The van der Waals surface area contributed by atoms with E-state index in [1.807, 2.05) is 42.5 Å². The molecule has 2 rings (SSSR count). The average Bonchev–Trinajstić information content (AvgIpc) is 2.48. The summed E-state index contributed by atoms with van der Waals surface area (Å²) in [5.74, 6) is -1.67. The molecule has 21 heavy (non-hydrogen) atoms. The average molecular weight is 282 g/mol. The highest BCUT2D eigenvalue weighted by atomic mass is 16.4. The Bertz CT molecular complexity index is 666.